The maximum absolute atomic E-state index is 13.6. The first kappa shape index (κ1) is 21.2. The van der Waals surface area contributed by atoms with Gasteiger partial charge in [0.1, 0.15) is 11.3 Å². The molecule has 0 aliphatic heterocycles. The van der Waals surface area contributed by atoms with Crippen LogP contribution >= 0.6 is 0 Å². The topological polar surface area (TPSA) is 111 Å². The second-order valence-corrected chi connectivity index (χ2v) is 10.00. The third-order valence-corrected chi connectivity index (χ3v) is 7.69. The van der Waals surface area contributed by atoms with Crippen molar-refractivity contribution < 1.29 is 8.42 Å². The van der Waals surface area contributed by atoms with Crippen molar-refractivity contribution in [1.29, 1.82) is 0 Å². The Balaban J connectivity index is 1.31. The van der Waals surface area contributed by atoms with Crippen LogP contribution in [0, 0.1) is 0 Å². The molecule has 174 valence electrons. The first-order valence-electron chi connectivity index (χ1n) is 11.2. The van der Waals surface area contributed by atoms with Crippen molar-refractivity contribution in [2.45, 2.75) is 24.3 Å². The average Bonchev–Trinajstić information content (AvgIpc) is 3.62. The van der Waals surface area contributed by atoms with E-state index in [-0.39, 0.29) is 4.90 Å². The number of aromatic nitrogens is 7. The third-order valence-electron chi connectivity index (χ3n) is 5.97. The molecule has 1 N–H and O–H groups in total. The highest BCUT2D eigenvalue weighted by atomic mass is 32.2. The van der Waals surface area contributed by atoms with Gasteiger partial charge in [-0.3, -0.25) is 4.68 Å². The van der Waals surface area contributed by atoms with Crippen LogP contribution < -0.4 is 0 Å². The molecule has 0 atom stereocenters. The van der Waals surface area contributed by atoms with Gasteiger partial charge in [0.25, 0.3) is 10.0 Å². The first-order chi connectivity index (χ1) is 17.1. The molecule has 0 amide bonds. The molecular weight excluding hydrogens is 462 g/mol. The van der Waals surface area contributed by atoms with Crippen molar-refractivity contribution in [3.05, 3.63) is 91.0 Å². The Morgan fingerprint density at radius 2 is 1.77 bits per heavy atom. The van der Waals surface area contributed by atoms with Gasteiger partial charge in [-0.2, -0.15) is 0 Å². The SMILES string of the molecule is O=S(=O)(c1ccccc1)n1c(-c2cn(CCCc3c[nH]c4ncccc34)nn2)cc2cccnc21. The van der Waals surface area contributed by atoms with E-state index in [1.165, 1.54) is 9.54 Å². The van der Waals surface area contributed by atoms with Crippen LogP contribution in [-0.4, -0.2) is 42.3 Å². The number of benzene rings is 1. The number of pyridine rings is 2. The number of nitrogens with one attached hydrogen (secondary N) is 1. The molecule has 0 saturated carbocycles. The van der Waals surface area contributed by atoms with Gasteiger partial charge in [-0.1, -0.05) is 23.4 Å². The van der Waals surface area contributed by atoms with Gasteiger partial charge in [-0.15, -0.1) is 5.10 Å². The van der Waals surface area contributed by atoms with E-state index in [2.05, 4.69) is 31.3 Å². The van der Waals surface area contributed by atoms with Gasteiger partial charge in [-0.05, 0) is 60.9 Å². The normalized spacial score (nSPS) is 12.0. The smallest absolute Gasteiger partial charge is 0.269 e. The Bertz CT molecular complexity index is 1750. The van der Waals surface area contributed by atoms with Gasteiger partial charge in [0.2, 0.25) is 0 Å². The highest BCUT2D eigenvalue weighted by molar-refractivity contribution is 7.90. The summed E-state index contributed by atoms with van der Waals surface area (Å²) >= 11 is 0. The molecule has 0 aliphatic carbocycles. The molecule has 9 nitrogen and oxygen atoms in total. The van der Waals surface area contributed by atoms with Crippen LogP contribution in [0.2, 0.25) is 0 Å². The maximum Gasteiger partial charge on any atom is 0.269 e. The summed E-state index contributed by atoms with van der Waals surface area (Å²) in [6.45, 7) is 0.643. The van der Waals surface area contributed by atoms with Crippen molar-refractivity contribution in [2.24, 2.45) is 0 Å². The zero-order valence-corrected chi connectivity index (χ0v) is 19.4. The van der Waals surface area contributed by atoms with Gasteiger partial charge >= 0.3 is 0 Å². The van der Waals surface area contributed by atoms with Crippen molar-refractivity contribution in [1.82, 2.24) is 33.9 Å². The summed E-state index contributed by atoms with van der Waals surface area (Å²) in [5.41, 5.74) is 3.34. The van der Waals surface area contributed by atoms with E-state index >= 15 is 0 Å². The minimum atomic E-state index is -3.89. The van der Waals surface area contributed by atoms with Crippen molar-refractivity contribution in [2.75, 3.05) is 0 Å². The number of aromatic amines is 1. The van der Waals surface area contributed by atoms with Crippen LogP contribution in [0.15, 0.2) is 90.3 Å². The highest BCUT2D eigenvalue weighted by Gasteiger charge is 2.25. The molecule has 6 rings (SSSR count). The van der Waals surface area contributed by atoms with Crippen LogP contribution in [0.4, 0.5) is 0 Å². The first-order valence-corrected chi connectivity index (χ1v) is 12.6. The number of hydrogen-bond donors (Lipinski definition) is 1. The predicted molar refractivity (Wildman–Crippen MR) is 132 cm³/mol. The summed E-state index contributed by atoms with van der Waals surface area (Å²) in [5.74, 6) is 0. The van der Waals surface area contributed by atoms with Crippen molar-refractivity contribution >= 4 is 32.1 Å². The second-order valence-electron chi connectivity index (χ2n) is 8.21. The van der Waals surface area contributed by atoms with Crippen LogP contribution in [-0.2, 0) is 23.0 Å². The standard InChI is InChI=1S/C25H21N7O2S/c33-35(34,20-9-2-1-3-10-20)32-23(15-18-7-4-13-27-25(18)32)22-17-31(30-29-22)14-6-8-19-16-28-24-21(19)11-5-12-26-24/h1-5,7,9-13,15-17H,6,8,14H2,(H,26,28). The summed E-state index contributed by atoms with van der Waals surface area (Å²) in [7, 11) is -3.89. The Morgan fingerprint density at radius 3 is 2.66 bits per heavy atom. The van der Waals surface area contributed by atoms with Gasteiger partial charge in [-0.25, -0.2) is 22.4 Å². The molecule has 0 spiro atoms. The molecule has 0 unspecified atom stereocenters. The fraction of sp³-hybridized carbons (Fsp3) is 0.120. The van der Waals surface area contributed by atoms with E-state index in [9.17, 15) is 8.42 Å². The van der Waals surface area contributed by atoms with E-state index in [0.29, 0.717) is 29.0 Å². The quantitative estimate of drug-likeness (QED) is 0.367. The van der Waals surface area contributed by atoms with Crippen LogP contribution in [0.5, 0.6) is 0 Å². The minimum absolute atomic E-state index is 0.185. The number of nitrogens with zero attached hydrogens (tertiary/aromatic N) is 6. The number of aryl methyl sites for hydroxylation is 2. The molecule has 5 aromatic heterocycles. The Labute approximate surface area is 201 Å². The zero-order valence-electron chi connectivity index (χ0n) is 18.6. The molecule has 35 heavy (non-hydrogen) atoms. The van der Waals surface area contributed by atoms with E-state index in [1.54, 1.807) is 65.7 Å². The van der Waals surface area contributed by atoms with Crippen LogP contribution in [0.1, 0.15) is 12.0 Å². The molecule has 0 radical (unpaired) electrons. The minimum Gasteiger partial charge on any atom is -0.346 e. The van der Waals surface area contributed by atoms with Crippen LogP contribution in [0.25, 0.3) is 33.5 Å². The van der Waals surface area contributed by atoms with E-state index < -0.39 is 10.0 Å². The molecule has 0 fully saturated rings. The van der Waals surface area contributed by atoms with Gasteiger partial charge in [0, 0.05) is 35.9 Å². The summed E-state index contributed by atoms with van der Waals surface area (Å²) < 4.78 is 30.2. The highest BCUT2D eigenvalue weighted by Crippen LogP contribution is 2.30. The Hall–Kier alpha value is -4.31. The van der Waals surface area contributed by atoms with Crippen molar-refractivity contribution in [3.63, 3.8) is 0 Å². The number of H-pyrrole nitrogens is 1. The second kappa shape index (κ2) is 8.48. The maximum atomic E-state index is 13.6. The van der Waals surface area contributed by atoms with E-state index in [0.717, 1.165) is 23.9 Å². The summed E-state index contributed by atoms with van der Waals surface area (Å²) in [6.07, 6.45) is 8.82. The molecule has 1 aromatic carbocycles. The summed E-state index contributed by atoms with van der Waals surface area (Å²) in [5, 5.41) is 10.4. The summed E-state index contributed by atoms with van der Waals surface area (Å²) in [6, 6.07) is 17.7. The molecule has 0 saturated heterocycles. The number of hydrogen-bond acceptors (Lipinski definition) is 6. The molecular formula is C25H21N7O2S. The Kier molecular flexibility index (Phi) is 5.14. The number of fused-ring (bicyclic) bond motifs is 2. The number of rotatable bonds is 7. The van der Waals surface area contributed by atoms with E-state index in [4.69, 9.17) is 0 Å². The zero-order chi connectivity index (χ0) is 23.8. The van der Waals surface area contributed by atoms with Crippen molar-refractivity contribution in [3.8, 4) is 11.4 Å². The fourth-order valence-corrected chi connectivity index (χ4v) is 5.80. The average molecular weight is 484 g/mol. The lowest BCUT2D eigenvalue weighted by atomic mass is 10.1. The summed E-state index contributed by atoms with van der Waals surface area (Å²) in [4.78, 5) is 12.1. The lowest BCUT2D eigenvalue weighted by Gasteiger charge is -2.10. The predicted octanol–water partition coefficient (Wildman–Crippen LogP) is 4.04. The third kappa shape index (κ3) is 3.77. The van der Waals surface area contributed by atoms with Gasteiger partial charge < -0.3 is 4.98 Å². The Morgan fingerprint density at radius 1 is 0.943 bits per heavy atom. The molecule has 10 heteroatoms. The molecule has 5 heterocycles. The lowest BCUT2D eigenvalue weighted by molar-refractivity contribution is 0.559. The van der Waals surface area contributed by atoms with Crippen LogP contribution in [0.3, 0.4) is 0 Å². The molecule has 0 aliphatic rings. The lowest BCUT2D eigenvalue weighted by Crippen LogP contribution is -2.14. The van der Waals surface area contributed by atoms with E-state index in [1.807, 2.05) is 18.3 Å². The largest absolute Gasteiger partial charge is 0.346 e. The van der Waals surface area contributed by atoms with Gasteiger partial charge in [0.05, 0.1) is 16.8 Å². The van der Waals surface area contributed by atoms with Gasteiger partial charge in [0.15, 0.2) is 5.65 Å². The monoisotopic (exact) mass is 483 g/mol. The molecule has 6 aromatic rings. The molecule has 0 bridgehead atoms. The fourth-order valence-electron chi connectivity index (χ4n) is 4.31.